The van der Waals surface area contributed by atoms with Gasteiger partial charge in [-0.3, -0.25) is 0 Å². The molecule has 19 heavy (non-hydrogen) atoms. The molecule has 1 unspecified atom stereocenters. The van der Waals surface area contributed by atoms with Crippen LogP contribution >= 0.6 is 0 Å². The Morgan fingerprint density at radius 2 is 2.21 bits per heavy atom. The van der Waals surface area contributed by atoms with E-state index in [1.54, 1.807) is 0 Å². The van der Waals surface area contributed by atoms with Crippen molar-refractivity contribution in [2.75, 3.05) is 13.2 Å². The van der Waals surface area contributed by atoms with Crippen LogP contribution < -0.4 is 10.1 Å². The normalized spacial score (nSPS) is 18.9. The molecule has 0 aliphatic carbocycles. The summed E-state index contributed by atoms with van der Waals surface area (Å²) in [7, 11) is 0. The Kier molecular flexibility index (Phi) is 4.69. The molecule has 0 saturated carbocycles. The minimum Gasteiger partial charge on any atom is -0.476 e. The van der Waals surface area contributed by atoms with Gasteiger partial charge in [0.15, 0.2) is 0 Å². The molecule has 1 saturated heterocycles. The van der Waals surface area contributed by atoms with Crippen molar-refractivity contribution >= 4 is 0 Å². The van der Waals surface area contributed by atoms with Gasteiger partial charge in [-0.25, -0.2) is 0 Å². The maximum atomic E-state index is 9.16. The smallest absolute Gasteiger partial charge is 0.251 e. The predicted molar refractivity (Wildman–Crippen MR) is 72.0 cm³/mol. The number of piperidine rings is 1. The molecule has 0 radical (unpaired) electrons. The van der Waals surface area contributed by atoms with Gasteiger partial charge in [0.25, 0.3) is 5.88 Å². The molecule has 5 nitrogen and oxygen atoms in total. The van der Waals surface area contributed by atoms with Crippen molar-refractivity contribution in [2.24, 2.45) is 0 Å². The van der Waals surface area contributed by atoms with Crippen LogP contribution in [-0.2, 0) is 0 Å². The molecule has 2 rings (SSSR count). The van der Waals surface area contributed by atoms with Gasteiger partial charge >= 0.3 is 0 Å². The van der Waals surface area contributed by atoms with E-state index < -0.39 is 0 Å². The van der Waals surface area contributed by atoms with Gasteiger partial charge in [0, 0.05) is 6.04 Å². The van der Waals surface area contributed by atoms with E-state index in [2.05, 4.69) is 21.6 Å². The Bertz CT molecular complexity index is 475. The zero-order valence-electron chi connectivity index (χ0n) is 11.6. The molecule has 102 valence electrons. The van der Waals surface area contributed by atoms with Crippen molar-refractivity contribution in [3.63, 3.8) is 0 Å². The van der Waals surface area contributed by atoms with Crippen LogP contribution in [-0.4, -0.2) is 29.4 Å². The highest BCUT2D eigenvalue weighted by atomic mass is 16.5. The average Bonchev–Trinajstić information content (AvgIpc) is 2.44. The van der Waals surface area contributed by atoms with E-state index in [4.69, 9.17) is 10.00 Å². The lowest BCUT2D eigenvalue weighted by Crippen LogP contribution is -2.35. The van der Waals surface area contributed by atoms with Crippen molar-refractivity contribution in [1.82, 2.24) is 15.5 Å². The summed E-state index contributed by atoms with van der Waals surface area (Å²) in [5.74, 6) is 0.362. The summed E-state index contributed by atoms with van der Waals surface area (Å²) in [5.41, 5.74) is 2.13. The molecule has 0 bridgehead atoms. The molecule has 1 aliphatic rings. The van der Waals surface area contributed by atoms with Crippen LogP contribution in [0.4, 0.5) is 0 Å². The number of nitrogens with zero attached hydrogens (tertiary/aromatic N) is 3. The molecule has 5 heteroatoms. The fourth-order valence-corrected chi connectivity index (χ4v) is 2.29. The quantitative estimate of drug-likeness (QED) is 0.895. The fraction of sp³-hybridized carbons (Fsp3) is 0.643. The molecule has 1 N–H and O–H groups in total. The summed E-state index contributed by atoms with van der Waals surface area (Å²) >= 11 is 0. The number of nitriles is 1. The molecule has 0 spiro atoms. The lowest BCUT2D eigenvalue weighted by molar-refractivity contribution is 0.257. The Labute approximate surface area is 114 Å². The van der Waals surface area contributed by atoms with Gasteiger partial charge in [-0.05, 0) is 45.2 Å². The molecule has 1 aromatic rings. The summed E-state index contributed by atoms with van der Waals surface area (Å²) in [6.07, 6.45) is 4.69. The lowest BCUT2D eigenvalue weighted by atomic mass is 10.0. The van der Waals surface area contributed by atoms with Gasteiger partial charge in [0.2, 0.25) is 0 Å². The lowest BCUT2D eigenvalue weighted by Gasteiger charge is -2.23. The van der Waals surface area contributed by atoms with E-state index in [0.717, 1.165) is 24.2 Å². The first-order valence-electron chi connectivity index (χ1n) is 6.82. The van der Waals surface area contributed by atoms with Gasteiger partial charge in [0.05, 0.1) is 12.3 Å². The molecule has 1 aromatic heterocycles. The molecule has 2 heterocycles. The van der Waals surface area contributed by atoms with Gasteiger partial charge in [-0.15, -0.1) is 5.10 Å². The summed E-state index contributed by atoms with van der Waals surface area (Å²) in [6.45, 7) is 5.39. The minimum atomic E-state index is 0.362. The molecular formula is C14H20N4O. The maximum Gasteiger partial charge on any atom is 0.251 e. The number of nitrogens with one attached hydrogen (secondary N) is 1. The Balaban J connectivity index is 1.92. The van der Waals surface area contributed by atoms with Crippen LogP contribution in [0.15, 0.2) is 0 Å². The highest BCUT2D eigenvalue weighted by Gasteiger charge is 2.15. The van der Waals surface area contributed by atoms with Crippen molar-refractivity contribution in [3.05, 3.63) is 16.8 Å². The molecule has 1 aliphatic heterocycles. The third kappa shape index (κ3) is 3.42. The second-order valence-corrected chi connectivity index (χ2v) is 4.99. The largest absolute Gasteiger partial charge is 0.476 e. The molecule has 0 aromatic carbocycles. The van der Waals surface area contributed by atoms with Crippen molar-refractivity contribution in [2.45, 2.75) is 45.6 Å². The molecule has 1 atom stereocenters. The van der Waals surface area contributed by atoms with E-state index >= 15 is 0 Å². The molecule has 1 fully saturated rings. The van der Waals surface area contributed by atoms with Crippen LogP contribution in [0, 0.1) is 25.2 Å². The van der Waals surface area contributed by atoms with Crippen LogP contribution in [0.25, 0.3) is 0 Å². The highest BCUT2D eigenvalue weighted by molar-refractivity contribution is 5.44. The molecular weight excluding hydrogens is 240 g/mol. The molecule has 0 amide bonds. The predicted octanol–water partition coefficient (Wildman–Crippen LogP) is 1.88. The van der Waals surface area contributed by atoms with Crippen LogP contribution in [0.5, 0.6) is 5.88 Å². The number of hydrogen-bond donors (Lipinski definition) is 1. The van der Waals surface area contributed by atoms with Gasteiger partial charge in [-0.2, -0.15) is 10.4 Å². The third-order valence-electron chi connectivity index (χ3n) is 3.65. The van der Waals surface area contributed by atoms with Crippen LogP contribution in [0.3, 0.4) is 0 Å². The SMILES string of the molecule is Cc1nnc(OCCC2CCCCN2)c(C#N)c1C. The number of aryl methyl sites for hydroxylation is 1. The second-order valence-electron chi connectivity index (χ2n) is 4.99. The van der Waals surface area contributed by atoms with E-state index in [1.165, 1.54) is 19.3 Å². The van der Waals surface area contributed by atoms with E-state index in [0.29, 0.717) is 24.1 Å². The van der Waals surface area contributed by atoms with Crippen LogP contribution in [0.1, 0.15) is 42.5 Å². The number of rotatable bonds is 4. The topological polar surface area (TPSA) is 70.8 Å². The van der Waals surface area contributed by atoms with Gasteiger partial charge in [0.1, 0.15) is 11.6 Å². The first-order chi connectivity index (χ1) is 9.22. The summed E-state index contributed by atoms with van der Waals surface area (Å²) in [6, 6.07) is 2.68. The Morgan fingerprint density at radius 3 is 2.89 bits per heavy atom. The number of ether oxygens (including phenoxy) is 1. The minimum absolute atomic E-state index is 0.362. The maximum absolute atomic E-state index is 9.16. The van der Waals surface area contributed by atoms with E-state index in [9.17, 15) is 0 Å². The van der Waals surface area contributed by atoms with Crippen molar-refractivity contribution in [1.29, 1.82) is 5.26 Å². The van der Waals surface area contributed by atoms with Gasteiger partial charge < -0.3 is 10.1 Å². The Morgan fingerprint density at radius 1 is 1.37 bits per heavy atom. The number of aromatic nitrogens is 2. The fourth-order valence-electron chi connectivity index (χ4n) is 2.29. The van der Waals surface area contributed by atoms with Crippen LogP contribution in [0.2, 0.25) is 0 Å². The summed E-state index contributed by atoms with van der Waals surface area (Å²) in [5, 5.41) is 20.6. The first-order valence-corrected chi connectivity index (χ1v) is 6.82. The summed E-state index contributed by atoms with van der Waals surface area (Å²) < 4.78 is 5.63. The second kappa shape index (κ2) is 6.48. The van der Waals surface area contributed by atoms with E-state index in [-0.39, 0.29) is 0 Å². The monoisotopic (exact) mass is 260 g/mol. The zero-order chi connectivity index (χ0) is 13.7. The average molecular weight is 260 g/mol. The first kappa shape index (κ1) is 13.8. The summed E-state index contributed by atoms with van der Waals surface area (Å²) in [4.78, 5) is 0. The van der Waals surface area contributed by atoms with Crippen molar-refractivity contribution in [3.8, 4) is 11.9 Å². The standard InChI is InChI=1S/C14H20N4O/c1-10-11(2)17-18-14(13(10)9-15)19-8-6-12-5-3-4-7-16-12/h12,16H,3-8H2,1-2H3. The van der Waals surface area contributed by atoms with Gasteiger partial charge in [-0.1, -0.05) is 6.42 Å². The number of hydrogen-bond acceptors (Lipinski definition) is 5. The van der Waals surface area contributed by atoms with E-state index in [1.807, 2.05) is 13.8 Å². The Hall–Kier alpha value is -1.67. The third-order valence-corrected chi connectivity index (χ3v) is 3.65. The highest BCUT2D eigenvalue weighted by Crippen LogP contribution is 2.19. The zero-order valence-corrected chi connectivity index (χ0v) is 11.6. The van der Waals surface area contributed by atoms with Crippen molar-refractivity contribution < 1.29 is 4.74 Å².